The monoisotopic (exact) mass is 252 g/mol. The second-order valence-electron chi connectivity index (χ2n) is 2.56. The van der Waals surface area contributed by atoms with Gasteiger partial charge in [0.2, 0.25) is 0 Å². The zero-order valence-electron chi connectivity index (χ0n) is 7.81. The number of carbonyl (C=O) groups is 1. The van der Waals surface area contributed by atoms with E-state index in [1.165, 1.54) is 9.40 Å². The highest BCUT2D eigenvalue weighted by Crippen LogP contribution is 2.27. The molecule has 0 bridgehead atoms. The molecule has 1 unspecified atom stereocenters. The minimum atomic E-state index is -2.72. The third-order valence-electron chi connectivity index (χ3n) is 1.46. The van der Waals surface area contributed by atoms with E-state index in [0.29, 0.717) is 5.69 Å². The fraction of sp³-hybridized carbons (Fsp3) is 0.333. The molecule has 0 saturated carbocycles. The van der Waals surface area contributed by atoms with E-state index >= 15 is 0 Å². The van der Waals surface area contributed by atoms with Crippen LogP contribution in [0.3, 0.4) is 0 Å². The Labute approximate surface area is 92.8 Å². The third-order valence-corrected chi connectivity index (χ3v) is 2.21. The molecular weight excluding hydrogens is 246 g/mol. The van der Waals surface area contributed by atoms with Gasteiger partial charge in [-0.3, -0.25) is 13.6 Å². The predicted octanol–water partition coefficient (Wildman–Crippen LogP) is 0.264. The minimum Gasteiger partial charge on any atom is -0.755 e. The van der Waals surface area contributed by atoms with Gasteiger partial charge in [0, 0.05) is 18.3 Å². The molecule has 1 amide bonds. The van der Waals surface area contributed by atoms with E-state index in [-0.39, 0.29) is 10.9 Å². The first-order valence-corrected chi connectivity index (χ1v) is 5.14. The van der Waals surface area contributed by atoms with Crippen molar-refractivity contribution in [1.82, 2.24) is 14.5 Å². The number of hydrogen-bond acceptors (Lipinski definition) is 5. The zero-order valence-corrected chi connectivity index (χ0v) is 9.39. The number of aromatic nitrogens is 2. The number of halogens is 1. The standard InChI is InChI=1S/C6H8ClN3O4S/c1-3-4(5(7)10(2)8-3)14-6(11)9-15(12)13/h1-2H3,(H,9,11)(H,12,13)/p-1. The van der Waals surface area contributed by atoms with Crippen LogP contribution in [-0.4, -0.2) is 24.6 Å². The van der Waals surface area contributed by atoms with Crippen molar-refractivity contribution in [2.24, 2.45) is 7.05 Å². The number of aryl methyl sites for hydroxylation is 2. The molecule has 1 aromatic heterocycles. The Kier molecular flexibility index (Phi) is 3.66. The summed E-state index contributed by atoms with van der Waals surface area (Å²) in [5.41, 5.74) is 0.384. The van der Waals surface area contributed by atoms with E-state index < -0.39 is 17.4 Å². The van der Waals surface area contributed by atoms with Crippen LogP contribution in [0.1, 0.15) is 5.69 Å². The van der Waals surface area contributed by atoms with Gasteiger partial charge in [0.1, 0.15) is 5.69 Å². The van der Waals surface area contributed by atoms with E-state index in [1.807, 2.05) is 0 Å². The average molecular weight is 253 g/mol. The van der Waals surface area contributed by atoms with E-state index in [9.17, 15) is 13.6 Å². The molecule has 0 aliphatic carbocycles. The van der Waals surface area contributed by atoms with Gasteiger partial charge in [-0.2, -0.15) is 5.10 Å². The fourth-order valence-electron chi connectivity index (χ4n) is 0.908. The van der Waals surface area contributed by atoms with Crippen molar-refractivity contribution in [1.29, 1.82) is 0 Å². The molecular formula is C6H7ClN3O4S-. The van der Waals surface area contributed by atoms with Crippen molar-refractivity contribution >= 4 is 29.0 Å². The van der Waals surface area contributed by atoms with Gasteiger partial charge in [-0.05, 0) is 6.92 Å². The summed E-state index contributed by atoms with van der Waals surface area (Å²) in [6, 6.07) is 0. The molecule has 0 fully saturated rings. The number of carbonyl (C=O) groups excluding carboxylic acids is 1. The van der Waals surface area contributed by atoms with Crippen LogP contribution < -0.4 is 9.46 Å². The van der Waals surface area contributed by atoms with Crippen LogP contribution in [0.2, 0.25) is 5.15 Å². The molecule has 1 N–H and O–H groups in total. The lowest BCUT2D eigenvalue weighted by Crippen LogP contribution is -2.28. The fourth-order valence-corrected chi connectivity index (χ4v) is 1.30. The average Bonchev–Trinajstić information content (AvgIpc) is 2.31. The first-order valence-electron chi connectivity index (χ1n) is 3.68. The van der Waals surface area contributed by atoms with Crippen LogP contribution in [0.4, 0.5) is 4.79 Å². The molecule has 7 nitrogen and oxygen atoms in total. The van der Waals surface area contributed by atoms with Gasteiger partial charge >= 0.3 is 6.09 Å². The van der Waals surface area contributed by atoms with Crippen LogP contribution >= 0.6 is 11.6 Å². The van der Waals surface area contributed by atoms with Gasteiger partial charge in [-0.1, -0.05) is 11.6 Å². The SMILES string of the molecule is Cc1nn(C)c(Cl)c1OC(=O)NS(=O)[O-]. The normalized spacial score (nSPS) is 12.3. The van der Waals surface area contributed by atoms with Crippen LogP contribution in [0.25, 0.3) is 0 Å². The largest absolute Gasteiger partial charge is 0.755 e. The molecule has 1 aromatic rings. The highest BCUT2D eigenvalue weighted by Gasteiger charge is 2.16. The summed E-state index contributed by atoms with van der Waals surface area (Å²) in [7, 11) is 1.56. The maximum absolute atomic E-state index is 10.9. The van der Waals surface area contributed by atoms with E-state index in [4.69, 9.17) is 11.6 Å². The van der Waals surface area contributed by atoms with Crippen LogP contribution in [0.5, 0.6) is 5.75 Å². The molecule has 0 aromatic carbocycles. The molecule has 9 heteroatoms. The van der Waals surface area contributed by atoms with E-state index in [2.05, 4.69) is 9.84 Å². The molecule has 0 aliphatic rings. The Hall–Kier alpha value is -1.12. The number of ether oxygens (including phenoxy) is 1. The van der Waals surface area contributed by atoms with Gasteiger partial charge < -0.3 is 9.29 Å². The maximum atomic E-state index is 10.9. The Morgan fingerprint density at radius 3 is 2.73 bits per heavy atom. The Morgan fingerprint density at radius 1 is 1.73 bits per heavy atom. The molecule has 84 valence electrons. The summed E-state index contributed by atoms with van der Waals surface area (Å²) >= 11 is 3.02. The molecule has 1 rings (SSSR count). The summed E-state index contributed by atoms with van der Waals surface area (Å²) in [6.07, 6.45) is -1.14. The number of hydrogen-bond donors (Lipinski definition) is 1. The number of amides is 1. The minimum absolute atomic E-state index is 0.0297. The first kappa shape index (κ1) is 12.0. The highest BCUT2D eigenvalue weighted by atomic mass is 35.5. The highest BCUT2D eigenvalue weighted by molar-refractivity contribution is 7.77. The molecule has 0 saturated heterocycles. The van der Waals surface area contributed by atoms with E-state index in [0.717, 1.165) is 0 Å². The summed E-state index contributed by atoms with van der Waals surface area (Å²) in [5.74, 6) is 0.0297. The van der Waals surface area contributed by atoms with Crippen molar-refractivity contribution in [3.05, 3.63) is 10.8 Å². The van der Waals surface area contributed by atoms with Crippen LogP contribution in [0, 0.1) is 6.92 Å². The van der Waals surface area contributed by atoms with Crippen molar-refractivity contribution in [3.8, 4) is 5.75 Å². The number of rotatable bonds is 2. The molecule has 0 aliphatic heterocycles. The van der Waals surface area contributed by atoms with Crippen LogP contribution in [0.15, 0.2) is 0 Å². The van der Waals surface area contributed by atoms with Gasteiger partial charge in [0.15, 0.2) is 10.9 Å². The second-order valence-corrected chi connectivity index (χ2v) is 3.59. The zero-order chi connectivity index (χ0) is 11.6. The lowest BCUT2D eigenvalue weighted by Gasteiger charge is -2.07. The predicted molar refractivity (Wildman–Crippen MR) is 51.0 cm³/mol. The van der Waals surface area contributed by atoms with Crippen molar-refractivity contribution in [3.63, 3.8) is 0 Å². The Bertz CT molecular complexity index is 419. The van der Waals surface area contributed by atoms with Gasteiger partial charge in [-0.25, -0.2) is 4.79 Å². The third kappa shape index (κ3) is 2.91. The second kappa shape index (κ2) is 4.60. The molecule has 0 radical (unpaired) electrons. The summed E-state index contributed by atoms with van der Waals surface area (Å²) in [5, 5.41) is 3.98. The number of nitrogens with one attached hydrogen (secondary N) is 1. The molecule has 1 atom stereocenters. The van der Waals surface area contributed by atoms with Gasteiger partial charge in [-0.15, -0.1) is 0 Å². The van der Waals surface area contributed by atoms with Crippen LogP contribution in [-0.2, 0) is 18.3 Å². The van der Waals surface area contributed by atoms with Gasteiger partial charge in [0.05, 0.1) is 0 Å². The first-order chi connectivity index (χ1) is 6.91. The Morgan fingerprint density at radius 2 is 2.33 bits per heavy atom. The lowest BCUT2D eigenvalue weighted by molar-refractivity contribution is 0.206. The van der Waals surface area contributed by atoms with E-state index in [1.54, 1.807) is 14.0 Å². The molecule has 1 heterocycles. The summed E-state index contributed by atoms with van der Waals surface area (Å²) in [4.78, 5) is 10.9. The molecule has 15 heavy (non-hydrogen) atoms. The topological polar surface area (TPSA) is 96.3 Å². The summed E-state index contributed by atoms with van der Waals surface area (Å²) < 4.78 is 27.7. The maximum Gasteiger partial charge on any atom is 0.423 e. The molecule has 0 spiro atoms. The van der Waals surface area contributed by atoms with Crippen molar-refractivity contribution in [2.45, 2.75) is 6.92 Å². The summed E-state index contributed by atoms with van der Waals surface area (Å²) in [6.45, 7) is 1.57. The lowest BCUT2D eigenvalue weighted by atomic mass is 10.4. The quantitative estimate of drug-likeness (QED) is 0.762. The van der Waals surface area contributed by atoms with Crippen molar-refractivity contribution in [2.75, 3.05) is 0 Å². The van der Waals surface area contributed by atoms with Gasteiger partial charge in [0.25, 0.3) is 0 Å². The smallest absolute Gasteiger partial charge is 0.423 e. The number of nitrogens with zero attached hydrogens (tertiary/aromatic N) is 2. The Balaban J connectivity index is 2.80. The van der Waals surface area contributed by atoms with Crippen molar-refractivity contribution < 1.29 is 18.3 Å².